The molecule has 0 N–H and O–H groups in total. The van der Waals surface area contributed by atoms with Gasteiger partial charge in [-0.2, -0.15) is 0 Å². The highest BCUT2D eigenvalue weighted by molar-refractivity contribution is 4.93. The Bertz CT molecular complexity index is 159. The van der Waals surface area contributed by atoms with Gasteiger partial charge in [-0.05, 0) is 55.3 Å². The minimum atomic E-state index is 0.611. The van der Waals surface area contributed by atoms with Crippen LogP contribution in [0.3, 0.4) is 0 Å². The number of hydrogen-bond acceptors (Lipinski definition) is 0. The fraction of sp³-hybridized carbons (Fsp3) is 0.929. The van der Waals surface area contributed by atoms with Crippen LogP contribution in [0.15, 0.2) is 0 Å². The van der Waals surface area contributed by atoms with E-state index in [9.17, 15) is 0 Å². The van der Waals surface area contributed by atoms with Gasteiger partial charge in [-0.15, -0.1) is 0 Å². The van der Waals surface area contributed by atoms with Crippen molar-refractivity contribution in [3.63, 3.8) is 0 Å². The van der Waals surface area contributed by atoms with Gasteiger partial charge in [0.05, 0.1) is 0 Å². The molecular formula is C14H27. The lowest BCUT2D eigenvalue weighted by Crippen LogP contribution is -2.28. The van der Waals surface area contributed by atoms with E-state index in [-0.39, 0.29) is 0 Å². The molecule has 2 atom stereocenters. The maximum absolute atomic E-state index is 2.59. The van der Waals surface area contributed by atoms with Crippen LogP contribution in [0.4, 0.5) is 0 Å². The summed E-state index contributed by atoms with van der Waals surface area (Å²) in [6.45, 7) is 11.9. The molecule has 1 aliphatic rings. The van der Waals surface area contributed by atoms with Crippen LogP contribution in [0.5, 0.6) is 0 Å². The molecule has 0 spiro atoms. The van der Waals surface area contributed by atoms with Crippen molar-refractivity contribution < 1.29 is 0 Å². The maximum atomic E-state index is 2.59. The van der Waals surface area contributed by atoms with Crippen LogP contribution in [0.1, 0.15) is 60.3 Å². The quantitative estimate of drug-likeness (QED) is 0.612. The SMILES string of the molecule is CC(C)CC1(C)C[CH]C(C(C)C)CC1. The summed E-state index contributed by atoms with van der Waals surface area (Å²) in [5.74, 6) is 2.58. The predicted octanol–water partition coefficient (Wildman–Crippen LogP) is 4.70. The van der Waals surface area contributed by atoms with E-state index in [4.69, 9.17) is 0 Å². The first kappa shape index (κ1) is 12.1. The molecule has 0 nitrogen and oxygen atoms in total. The van der Waals surface area contributed by atoms with Gasteiger partial charge in [0.15, 0.2) is 0 Å². The monoisotopic (exact) mass is 195 g/mol. The third-order valence-electron chi connectivity index (χ3n) is 3.75. The molecule has 1 radical (unpaired) electrons. The van der Waals surface area contributed by atoms with Crippen molar-refractivity contribution >= 4 is 0 Å². The van der Waals surface area contributed by atoms with Crippen molar-refractivity contribution in [1.29, 1.82) is 0 Å². The van der Waals surface area contributed by atoms with E-state index in [0.29, 0.717) is 5.41 Å². The van der Waals surface area contributed by atoms with Crippen LogP contribution in [0, 0.1) is 29.6 Å². The molecule has 0 bridgehead atoms. The molecule has 2 unspecified atom stereocenters. The molecule has 83 valence electrons. The molecule has 0 aromatic carbocycles. The van der Waals surface area contributed by atoms with Crippen molar-refractivity contribution in [3.8, 4) is 0 Å². The molecule has 0 aromatic heterocycles. The third-order valence-corrected chi connectivity index (χ3v) is 3.75. The summed E-state index contributed by atoms with van der Waals surface area (Å²) in [7, 11) is 0. The Morgan fingerprint density at radius 1 is 1.29 bits per heavy atom. The number of rotatable bonds is 3. The zero-order chi connectivity index (χ0) is 10.8. The molecule has 1 rings (SSSR count). The van der Waals surface area contributed by atoms with Gasteiger partial charge in [0.2, 0.25) is 0 Å². The summed E-state index contributed by atoms with van der Waals surface area (Å²) >= 11 is 0. The van der Waals surface area contributed by atoms with Crippen LogP contribution < -0.4 is 0 Å². The lowest BCUT2D eigenvalue weighted by Gasteiger charge is -2.39. The smallest absolute Gasteiger partial charge is 0.0320 e. The molecule has 0 heterocycles. The van der Waals surface area contributed by atoms with Gasteiger partial charge < -0.3 is 0 Å². The molecule has 1 aliphatic carbocycles. The van der Waals surface area contributed by atoms with Gasteiger partial charge >= 0.3 is 0 Å². The van der Waals surface area contributed by atoms with Gasteiger partial charge in [0.1, 0.15) is 0 Å². The van der Waals surface area contributed by atoms with Gasteiger partial charge in [-0.25, -0.2) is 0 Å². The van der Waals surface area contributed by atoms with Crippen molar-refractivity contribution in [1.82, 2.24) is 0 Å². The second kappa shape index (κ2) is 4.68. The zero-order valence-corrected chi connectivity index (χ0v) is 10.6. The highest BCUT2D eigenvalue weighted by atomic mass is 14.4. The van der Waals surface area contributed by atoms with Crippen LogP contribution in [0.2, 0.25) is 0 Å². The first-order valence-electron chi connectivity index (χ1n) is 6.26. The van der Waals surface area contributed by atoms with Gasteiger partial charge in [-0.3, -0.25) is 0 Å². The van der Waals surface area contributed by atoms with Gasteiger partial charge in [0, 0.05) is 0 Å². The fourth-order valence-corrected chi connectivity index (χ4v) is 2.95. The van der Waals surface area contributed by atoms with Crippen molar-refractivity contribution in [2.45, 2.75) is 60.3 Å². The van der Waals surface area contributed by atoms with E-state index < -0.39 is 0 Å². The minimum absolute atomic E-state index is 0.611. The molecule has 0 aliphatic heterocycles. The Labute approximate surface area is 90.5 Å². The van der Waals surface area contributed by atoms with E-state index in [1.807, 2.05) is 0 Å². The summed E-state index contributed by atoms with van der Waals surface area (Å²) in [4.78, 5) is 0. The second-order valence-corrected chi connectivity index (χ2v) is 6.30. The minimum Gasteiger partial charge on any atom is -0.0628 e. The van der Waals surface area contributed by atoms with E-state index in [1.54, 1.807) is 0 Å². The van der Waals surface area contributed by atoms with Crippen LogP contribution >= 0.6 is 0 Å². The Morgan fingerprint density at radius 2 is 1.93 bits per heavy atom. The average Bonchev–Trinajstić information content (AvgIpc) is 2.02. The fourth-order valence-electron chi connectivity index (χ4n) is 2.95. The lowest BCUT2D eigenvalue weighted by molar-refractivity contribution is 0.161. The standard InChI is InChI=1S/C14H27/c1-11(2)10-14(5)8-6-13(7-9-14)12(3)4/h6,11-13H,7-10H2,1-5H3. The van der Waals surface area contributed by atoms with Crippen molar-refractivity contribution in [2.75, 3.05) is 0 Å². The van der Waals surface area contributed by atoms with E-state index >= 15 is 0 Å². The van der Waals surface area contributed by atoms with Crippen molar-refractivity contribution in [2.24, 2.45) is 23.2 Å². The topological polar surface area (TPSA) is 0 Å². The second-order valence-electron chi connectivity index (χ2n) is 6.30. The first-order chi connectivity index (χ1) is 6.43. The van der Waals surface area contributed by atoms with E-state index in [2.05, 4.69) is 41.0 Å². The Hall–Kier alpha value is 0. The van der Waals surface area contributed by atoms with Crippen LogP contribution in [0.25, 0.3) is 0 Å². The number of hydrogen-bond donors (Lipinski definition) is 0. The lowest BCUT2D eigenvalue weighted by atomic mass is 9.66. The molecule has 0 amide bonds. The molecule has 14 heavy (non-hydrogen) atoms. The summed E-state index contributed by atoms with van der Waals surface area (Å²) < 4.78 is 0. The molecule has 0 heteroatoms. The molecule has 1 saturated carbocycles. The Balaban J connectivity index is 2.41. The summed E-state index contributed by atoms with van der Waals surface area (Å²) in [6.07, 6.45) is 8.18. The predicted molar refractivity (Wildman–Crippen MR) is 64.0 cm³/mol. The van der Waals surface area contributed by atoms with Crippen LogP contribution in [-0.4, -0.2) is 0 Å². The average molecular weight is 195 g/mol. The largest absolute Gasteiger partial charge is 0.0628 e. The maximum Gasteiger partial charge on any atom is -0.0320 e. The Kier molecular flexibility index (Phi) is 4.04. The Morgan fingerprint density at radius 3 is 2.29 bits per heavy atom. The summed E-state index contributed by atoms with van der Waals surface area (Å²) in [5, 5.41) is 0. The zero-order valence-electron chi connectivity index (χ0n) is 10.6. The van der Waals surface area contributed by atoms with Gasteiger partial charge in [-0.1, -0.05) is 34.6 Å². The van der Waals surface area contributed by atoms with Crippen molar-refractivity contribution in [3.05, 3.63) is 6.42 Å². The normalized spacial score (nSPS) is 34.1. The molecule has 0 aromatic rings. The van der Waals surface area contributed by atoms with Crippen LogP contribution in [-0.2, 0) is 0 Å². The first-order valence-corrected chi connectivity index (χ1v) is 6.26. The summed E-state index contributed by atoms with van der Waals surface area (Å²) in [5.41, 5.74) is 0.611. The third kappa shape index (κ3) is 3.29. The highest BCUT2D eigenvalue weighted by Crippen LogP contribution is 2.44. The van der Waals surface area contributed by atoms with E-state index in [1.165, 1.54) is 25.7 Å². The summed E-state index contributed by atoms with van der Waals surface area (Å²) in [6, 6.07) is 0. The van der Waals surface area contributed by atoms with Gasteiger partial charge in [0.25, 0.3) is 0 Å². The molecule has 0 saturated heterocycles. The molecule has 1 fully saturated rings. The highest BCUT2D eigenvalue weighted by Gasteiger charge is 2.32. The van der Waals surface area contributed by atoms with E-state index in [0.717, 1.165) is 17.8 Å². The molecular weight excluding hydrogens is 168 g/mol.